The van der Waals surface area contributed by atoms with Gasteiger partial charge in [-0.05, 0) is 93.9 Å². The van der Waals surface area contributed by atoms with Gasteiger partial charge in [-0.3, -0.25) is 0 Å². The second kappa shape index (κ2) is 8.81. The summed E-state index contributed by atoms with van der Waals surface area (Å²) in [6.07, 6.45) is 2.33. The first-order valence-electron chi connectivity index (χ1n) is 9.68. The van der Waals surface area contributed by atoms with E-state index in [9.17, 15) is 0 Å². The van der Waals surface area contributed by atoms with Gasteiger partial charge in [-0.2, -0.15) is 0 Å². The summed E-state index contributed by atoms with van der Waals surface area (Å²) in [5, 5.41) is 4.49. The Morgan fingerprint density at radius 2 is 1.43 bits per heavy atom. The standard InChI is InChI=1S/C24H30O2P2/c1-17-18(2)24(4,27-19(17)3)13-14-28(22-11-7-9-20(15-22)25-5)23-12-8-10-21(16-23)26-6/h7-12,15-16H,13-14H2,1-6H3. The van der Waals surface area contributed by atoms with E-state index in [2.05, 4.69) is 64.1 Å². The van der Waals surface area contributed by atoms with Gasteiger partial charge in [-0.1, -0.05) is 38.0 Å². The molecule has 1 unspecified atom stereocenters. The highest BCUT2D eigenvalue weighted by molar-refractivity contribution is 7.73. The summed E-state index contributed by atoms with van der Waals surface area (Å²) in [5.41, 5.74) is 3.05. The Balaban J connectivity index is 1.95. The molecule has 4 heteroatoms. The normalized spacial score (nSPS) is 19.8. The first kappa shape index (κ1) is 21.1. The summed E-state index contributed by atoms with van der Waals surface area (Å²) < 4.78 is 11.0. The van der Waals surface area contributed by atoms with Crippen LogP contribution >= 0.6 is 16.1 Å². The van der Waals surface area contributed by atoms with E-state index in [0.717, 1.165) is 17.7 Å². The minimum atomic E-state index is -0.487. The highest BCUT2D eigenvalue weighted by atomic mass is 31.1. The van der Waals surface area contributed by atoms with Crippen LogP contribution in [-0.2, 0) is 0 Å². The number of allylic oxidation sites excluding steroid dienone is 2. The molecule has 0 radical (unpaired) electrons. The lowest BCUT2D eigenvalue weighted by Crippen LogP contribution is -2.22. The molecular weight excluding hydrogens is 382 g/mol. The van der Waals surface area contributed by atoms with Gasteiger partial charge in [0.2, 0.25) is 0 Å². The topological polar surface area (TPSA) is 18.5 Å². The van der Waals surface area contributed by atoms with Crippen LogP contribution in [0.1, 0.15) is 34.1 Å². The molecule has 2 aromatic rings. The molecule has 2 nitrogen and oxygen atoms in total. The van der Waals surface area contributed by atoms with E-state index < -0.39 is 7.92 Å². The fourth-order valence-electron chi connectivity index (χ4n) is 3.75. The third-order valence-corrected chi connectivity index (χ3v) is 10.1. The highest BCUT2D eigenvalue weighted by Crippen LogP contribution is 2.47. The van der Waals surface area contributed by atoms with Crippen molar-refractivity contribution in [3.05, 3.63) is 59.7 Å². The van der Waals surface area contributed by atoms with Crippen molar-refractivity contribution in [3.8, 4) is 11.5 Å². The molecule has 0 N–H and O–H groups in total. The van der Waals surface area contributed by atoms with Gasteiger partial charge in [0.15, 0.2) is 0 Å². The Morgan fingerprint density at radius 3 is 1.86 bits per heavy atom. The van der Waals surface area contributed by atoms with Gasteiger partial charge in [0.1, 0.15) is 11.5 Å². The largest absolute Gasteiger partial charge is 0.497 e. The van der Waals surface area contributed by atoms with Crippen LogP contribution in [0.5, 0.6) is 11.5 Å². The van der Waals surface area contributed by atoms with Gasteiger partial charge in [-0.25, -0.2) is 0 Å². The van der Waals surface area contributed by atoms with Crippen LogP contribution in [0.2, 0.25) is 0 Å². The Hall–Kier alpha value is -1.62. The first-order chi connectivity index (χ1) is 13.4. The van der Waals surface area contributed by atoms with Crippen molar-refractivity contribution in [2.75, 3.05) is 20.4 Å². The molecule has 1 heterocycles. The Kier molecular flexibility index (Phi) is 6.64. The quantitative estimate of drug-likeness (QED) is 0.537. The monoisotopic (exact) mass is 412 g/mol. The number of benzene rings is 2. The molecule has 3 rings (SSSR count). The van der Waals surface area contributed by atoms with Gasteiger partial charge < -0.3 is 9.47 Å². The van der Waals surface area contributed by atoms with Crippen molar-refractivity contribution in [2.24, 2.45) is 0 Å². The average Bonchev–Trinajstić information content (AvgIpc) is 2.91. The minimum absolute atomic E-state index is 0.243. The lowest BCUT2D eigenvalue weighted by Gasteiger charge is -2.28. The third-order valence-electron chi connectivity index (χ3n) is 5.88. The average molecular weight is 412 g/mol. The van der Waals surface area contributed by atoms with Crippen LogP contribution in [-0.4, -0.2) is 30.8 Å². The van der Waals surface area contributed by atoms with Crippen molar-refractivity contribution < 1.29 is 9.47 Å². The fraction of sp³-hybridized carbons (Fsp3) is 0.375. The highest BCUT2D eigenvalue weighted by Gasteiger charge is 2.32. The predicted molar refractivity (Wildman–Crippen MR) is 126 cm³/mol. The van der Waals surface area contributed by atoms with Crippen molar-refractivity contribution in [1.29, 1.82) is 0 Å². The molecule has 0 saturated heterocycles. The lowest BCUT2D eigenvalue weighted by molar-refractivity contribution is 0.415. The van der Waals surface area contributed by atoms with Crippen LogP contribution in [0.25, 0.3) is 0 Å². The Bertz CT molecular complexity index is 869. The number of methoxy groups -OCH3 is 2. The summed E-state index contributed by atoms with van der Waals surface area (Å²) in [4.78, 5) is 0. The molecule has 0 amide bonds. The minimum Gasteiger partial charge on any atom is -0.497 e. The molecule has 0 fully saturated rings. The predicted octanol–water partition coefficient (Wildman–Crippen LogP) is 5.77. The molecular formula is C24H30O2P2. The molecule has 1 aliphatic rings. The summed E-state index contributed by atoms with van der Waals surface area (Å²) in [6.45, 7) is 9.29. The third kappa shape index (κ3) is 4.35. The Labute approximate surface area is 172 Å². The molecule has 1 aliphatic heterocycles. The summed E-state index contributed by atoms with van der Waals surface area (Å²) in [7, 11) is 4.46. The molecule has 148 valence electrons. The van der Waals surface area contributed by atoms with Gasteiger partial charge in [-0.15, -0.1) is 0 Å². The molecule has 1 atom stereocenters. The number of ether oxygens (including phenoxy) is 2. The van der Waals surface area contributed by atoms with E-state index in [4.69, 9.17) is 9.47 Å². The number of rotatable bonds is 7. The lowest BCUT2D eigenvalue weighted by atomic mass is 9.94. The van der Waals surface area contributed by atoms with E-state index in [1.54, 1.807) is 19.8 Å². The van der Waals surface area contributed by atoms with Crippen LogP contribution in [0.15, 0.2) is 59.7 Å². The van der Waals surface area contributed by atoms with Gasteiger partial charge in [0, 0.05) is 5.16 Å². The van der Waals surface area contributed by atoms with Crippen LogP contribution in [0.3, 0.4) is 0 Å². The van der Waals surface area contributed by atoms with E-state index in [-0.39, 0.29) is 5.16 Å². The zero-order valence-corrected chi connectivity index (χ0v) is 19.5. The summed E-state index contributed by atoms with van der Waals surface area (Å²) in [6, 6.07) is 17.1. The maximum atomic E-state index is 5.50. The van der Waals surface area contributed by atoms with Crippen molar-refractivity contribution in [3.63, 3.8) is 0 Å². The summed E-state index contributed by atoms with van der Waals surface area (Å²) >= 11 is 0. The zero-order valence-electron chi connectivity index (χ0n) is 17.7. The van der Waals surface area contributed by atoms with E-state index in [1.165, 1.54) is 36.1 Å². The van der Waals surface area contributed by atoms with Crippen molar-refractivity contribution >= 4 is 32.0 Å². The molecule has 0 saturated carbocycles. The number of hydrogen-bond acceptors (Lipinski definition) is 2. The summed E-state index contributed by atoms with van der Waals surface area (Å²) in [5.74, 6) is 1.85. The SMILES string of the molecule is COc1cccc(P(CCC2(C)P=C(C)C(C)=C2C)c2cccc(OC)c2)c1. The zero-order chi connectivity index (χ0) is 20.3. The number of hydrogen-bond donors (Lipinski definition) is 0. The van der Waals surface area contributed by atoms with Gasteiger partial charge >= 0.3 is 0 Å². The molecule has 0 aromatic heterocycles. The van der Waals surface area contributed by atoms with Crippen LogP contribution in [0.4, 0.5) is 0 Å². The first-order valence-corrected chi connectivity index (χ1v) is 12.1. The fourth-order valence-corrected chi connectivity index (χ4v) is 8.14. The van der Waals surface area contributed by atoms with Crippen LogP contribution < -0.4 is 20.1 Å². The van der Waals surface area contributed by atoms with E-state index in [0.29, 0.717) is 0 Å². The maximum Gasteiger partial charge on any atom is 0.119 e. The maximum absolute atomic E-state index is 5.50. The molecule has 28 heavy (non-hydrogen) atoms. The van der Waals surface area contributed by atoms with E-state index in [1.807, 2.05) is 12.1 Å². The molecule has 0 bridgehead atoms. The molecule has 0 spiro atoms. The molecule has 0 aliphatic carbocycles. The van der Waals surface area contributed by atoms with Crippen molar-refractivity contribution in [1.82, 2.24) is 0 Å². The molecule has 2 aromatic carbocycles. The van der Waals surface area contributed by atoms with E-state index >= 15 is 0 Å². The second-order valence-electron chi connectivity index (χ2n) is 7.53. The van der Waals surface area contributed by atoms with Crippen molar-refractivity contribution in [2.45, 2.75) is 39.3 Å². The Morgan fingerprint density at radius 1 is 0.893 bits per heavy atom. The van der Waals surface area contributed by atoms with Gasteiger partial charge in [0.25, 0.3) is 0 Å². The van der Waals surface area contributed by atoms with Gasteiger partial charge in [0.05, 0.1) is 14.2 Å². The second-order valence-corrected chi connectivity index (χ2v) is 11.7. The smallest absolute Gasteiger partial charge is 0.119 e. The van der Waals surface area contributed by atoms with Crippen LogP contribution in [0, 0.1) is 0 Å².